The molecule has 7 heteroatoms. The van der Waals surface area contributed by atoms with Crippen molar-refractivity contribution < 1.29 is 9.59 Å². The molecule has 2 amide bonds. The van der Waals surface area contributed by atoms with Crippen LogP contribution in [0.3, 0.4) is 0 Å². The summed E-state index contributed by atoms with van der Waals surface area (Å²) in [7, 11) is 0. The summed E-state index contributed by atoms with van der Waals surface area (Å²) in [6, 6.07) is 9.58. The maximum atomic E-state index is 12.2. The van der Waals surface area contributed by atoms with E-state index in [2.05, 4.69) is 10.3 Å². The topological polar surface area (TPSA) is 82.3 Å². The van der Waals surface area contributed by atoms with Crippen molar-refractivity contribution >= 4 is 29.3 Å². The maximum absolute atomic E-state index is 12.2. The molecule has 0 atom stereocenters. The lowest BCUT2D eigenvalue weighted by Crippen LogP contribution is -2.38. The van der Waals surface area contributed by atoms with Gasteiger partial charge in [-0.25, -0.2) is 0 Å². The number of nitrogens with one attached hydrogen (secondary N) is 2. The molecule has 0 saturated heterocycles. The predicted molar refractivity (Wildman–Crippen MR) is 103 cm³/mol. The van der Waals surface area contributed by atoms with Gasteiger partial charge in [0.25, 0.3) is 5.56 Å². The van der Waals surface area contributed by atoms with Gasteiger partial charge in [-0.1, -0.05) is 12.1 Å². The Hall–Kier alpha value is -2.54. The molecule has 6 nitrogen and oxygen atoms in total. The highest BCUT2D eigenvalue weighted by Crippen LogP contribution is 2.34. The second kappa shape index (κ2) is 7.78. The number of anilines is 1. The smallest absolute Gasteiger partial charge is 0.253 e. The van der Waals surface area contributed by atoms with E-state index in [4.69, 9.17) is 0 Å². The molecule has 1 aliphatic rings. The average Bonchev–Trinajstić information content (AvgIpc) is 2.60. The van der Waals surface area contributed by atoms with E-state index in [1.807, 2.05) is 44.2 Å². The summed E-state index contributed by atoms with van der Waals surface area (Å²) in [5.74, 6) is 0.205. The van der Waals surface area contributed by atoms with Crippen LogP contribution in [0.4, 0.5) is 5.69 Å². The van der Waals surface area contributed by atoms with Gasteiger partial charge < -0.3 is 15.2 Å². The predicted octanol–water partition coefficient (Wildman–Crippen LogP) is 2.14. The summed E-state index contributed by atoms with van der Waals surface area (Å²) in [6.07, 6.45) is 0.188. The highest BCUT2D eigenvalue weighted by Gasteiger charge is 2.24. The van der Waals surface area contributed by atoms with Crippen molar-refractivity contribution in [1.82, 2.24) is 10.3 Å². The van der Waals surface area contributed by atoms with Crippen LogP contribution in [-0.2, 0) is 16.1 Å². The fourth-order valence-corrected chi connectivity index (χ4v) is 3.92. The molecule has 2 aromatic rings. The number of para-hydroxylation sites is 1. The van der Waals surface area contributed by atoms with Gasteiger partial charge in [0.1, 0.15) is 0 Å². The van der Waals surface area contributed by atoms with Crippen LogP contribution >= 0.6 is 11.8 Å². The number of fused-ring (bicyclic) bond motifs is 1. The number of hydrogen-bond acceptors (Lipinski definition) is 4. The normalized spacial score (nSPS) is 13.5. The SMILES string of the molecule is Cc1cc(C)c(CNC(=O)CCN2C(=O)CSc3ccccc32)c(=O)[nH]1. The molecule has 3 rings (SSSR count). The van der Waals surface area contributed by atoms with Crippen LogP contribution in [0.2, 0.25) is 0 Å². The van der Waals surface area contributed by atoms with Crippen molar-refractivity contribution in [3.8, 4) is 0 Å². The molecule has 2 N–H and O–H groups in total. The van der Waals surface area contributed by atoms with Crippen LogP contribution in [0.25, 0.3) is 0 Å². The van der Waals surface area contributed by atoms with Crippen LogP contribution in [0.15, 0.2) is 40.0 Å². The standard InChI is InChI=1S/C19H21N3O3S/c1-12-9-13(2)21-19(25)14(12)10-20-17(23)7-8-22-15-5-3-4-6-16(15)26-11-18(22)24/h3-6,9H,7-8,10-11H2,1-2H3,(H,20,23)(H,21,25). The van der Waals surface area contributed by atoms with Gasteiger partial charge in [-0.05, 0) is 37.6 Å². The summed E-state index contributed by atoms with van der Waals surface area (Å²) >= 11 is 1.52. The summed E-state index contributed by atoms with van der Waals surface area (Å²) in [5.41, 5.74) is 2.87. The van der Waals surface area contributed by atoms with E-state index >= 15 is 0 Å². The number of H-pyrrole nitrogens is 1. The van der Waals surface area contributed by atoms with Crippen molar-refractivity contribution in [2.45, 2.75) is 31.7 Å². The highest BCUT2D eigenvalue weighted by atomic mass is 32.2. The molecule has 0 saturated carbocycles. The van der Waals surface area contributed by atoms with Crippen molar-refractivity contribution in [2.24, 2.45) is 0 Å². The Balaban J connectivity index is 1.60. The lowest BCUT2D eigenvalue weighted by atomic mass is 10.1. The second-order valence-electron chi connectivity index (χ2n) is 6.27. The number of carbonyl (C=O) groups is 2. The van der Waals surface area contributed by atoms with E-state index in [-0.39, 0.29) is 30.3 Å². The van der Waals surface area contributed by atoms with Crippen LogP contribution in [0, 0.1) is 13.8 Å². The third-order valence-electron chi connectivity index (χ3n) is 4.33. The van der Waals surface area contributed by atoms with Crippen molar-refractivity contribution in [1.29, 1.82) is 0 Å². The van der Waals surface area contributed by atoms with Crippen LogP contribution in [-0.4, -0.2) is 29.1 Å². The van der Waals surface area contributed by atoms with Crippen molar-refractivity contribution in [3.63, 3.8) is 0 Å². The molecule has 0 unspecified atom stereocenters. The first-order valence-corrected chi connectivity index (χ1v) is 9.42. The lowest BCUT2D eigenvalue weighted by molar-refractivity contribution is -0.121. The van der Waals surface area contributed by atoms with Gasteiger partial charge in [-0.2, -0.15) is 0 Å². The third kappa shape index (κ3) is 3.99. The van der Waals surface area contributed by atoms with Crippen LogP contribution in [0.5, 0.6) is 0 Å². The Morgan fingerprint density at radius 1 is 1.27 bits per heavy atom. The van der Waals surface area contributed by atoms with Gasteiger partial charge in [-0.15, -0.1) is 11.8 Å². The fourth-order valence-electron chi connectivity index (χ4n) is 2.99. The summed E-state index contributed by atoms with van der Waals surface area (Å²) in [5, 5.41) is 2.78. The number of aryl methyl sites for hydroxylation is 2. The van der Waals surface area contributed by atoms with Crippen LogP contribution in [0.1, 0.15) is 23.2 Å². The number of carbonyl (C=O) groups excluding carboxylic acids is 2. The van der Waals surface area contributed by atoms with Gasteiger partial charge in [0.05, 0.1) is 11.4 Å². The molecule has 0 aliphatic carbocycles. The minimum atomic E-state index is -0.187. The zero-order valence-corrected chi connectivity index (χ0v) is 15.6. The zero-order chi connectivity index (χ0) is 18.7. The van der Waals surface area contributed by atoms with Gasteiger partial charge in [0.2, 0.25) is 11.8 Å². The molecule has 136 valence electrons. The minimum absolute atomic E-state index is 0.00678. The largest absolute Gasteiger partial charge is 0.352 e. The molecule has 0 fully saturated rings. The molecule has 0 radical (unpaired) electrons. The molecule has 26 heavy (non-hydrogen) atoms. The van der Waals surface area contributed by atoms with E-state index in [0.29, 0.717) is 17.9 Å². The van der Waals surface area contributed by atoms with Gasteiger partial charge in [-0.3, -0.25) is 14.4 Å². The molecule has 1 aromatic heterocycles. The molecular formula is C19H21N3O3S. The first-order valence-electron chi connectivity index (χ1n) is 8.44. The Morgan fingerprint density at radius 3 is 2.81 bits per heavy atom. The molecule has 0 spiro atoms. The second-order valence-corrected chi connectivity index (χ2v) is 7.29. The summed E-state index contributed by atoms with van der Waals surface area (Å²) in [4.78, 5) is 41.8. The summed E-state index contributed by atoms with van der Waals surface area (Å²) in [6.45, 7) is 4.18. The van der Waals surface area contributed by atoms with Gasteiger partial charge in [0, 0.05) is 35.7 Å². The number of hydrogen-bond donors (Lipinski definition) is 2. The molecule has 1 aromatic carbocycles. The third-order valence-corrected chi connectivity index (χ3v) is 5.37. The molecule has 0 bridgehead atoms. The van der Waals surface area contributed by atoms with E-state index < -0.39 is 0 Å². The van der Waals surface area contributed by atoms with Crippen molar-refractivity contribution in [3.05, 3.63) is 57.5 Å². The molecule has 2 heterocycles. The van der Waals surface area contributed by atoms with E-state index in [0.717, 1.165) is 21.8 Å². The van der Waals surface area contributed by atoms with Gasteiger partial charge >= 0.3 is 0 Å². The Bertz CT molecular complexity index is 907. The fraction of sp³-hybridized carbons (Fsp3) is 0.316. The number of pyridine rings is 1. The lowest BCUT2D eigenvalue weighted by Gasteiger charge is -2.28. The maximum Gasteiger partial charge on any atom is 0.253 e. The number of thioether (sulfide) groups is 1. The highest BCUT2D eigenvalue weighted by molar-refractivity contribution is 8.00. The summed E-state index contributed by atoms with van der Waals surface area (Å²) < 4.78 is 0. The van der Waals surface area contributed by atoms with E-state index in [9.17, 15) is 14.4 Å². The number of aromatic amines is 1. The molecule has 1 aliphatic heterocycles. The first kappa shape index (κ1) is 18.3. The monoisotopic (exact) mass is 371 g/mol. The number of nitrogens with zero attached hydrogens (tertiary/aromatic N) is 1. The Labute approximate surface area is 156 Å². The van der Waals surface area contributed by atoms with Crippen LogP contribution < -0.4 is 15.8 Å². The number of benzene rings is 1. The quantitative estimate of drug-likeness (QED) is 0.844. The average molecular weight is 371 g/mol. The number of aromatic nitrogens is 1. The number of amides is 2. The Kier molecular flexibility index (Phi) is 5.46. The molecular weight excluding hydrogens is 350 g/mol. The zero-order valence-electron chi connectivity index (χ0n) is 14.8. The Morgan fingerprint density at radius 2 is 2.04 bits per heavy atom. The van der Waals surface area contributed by atoms with Crippen molar-refractivity contribution in [2.75, 3.05) is 17.2 Å². The van der Waals surface area contributed by atoms with Gasteiger partial charge in [0.15, 0.2) is 0 Å². The minimum Gasteiger partial charge on any atom is -0.352 e. The first-order chi connectivity index (χ1) is 12.5. The van der Waals surface area contributed by atoms with E-state index in [1.165, 1.54) is 11.8 Å². The number of rotatable bonds is 5. The van der Waals surface area contributed by atoms with E-state index in [1.54, 1.807) is 4.90 Å².